The summed E-state index contributed by atoms with van der Waals surface area (Å²) in [6.07, 6.45) is 1.26. The minimum Gasteiger partial charge on any atom is -0.322 e. The summed E-state index contributed by atoms with van der Waals surface area (Å²) in [7, 11) is 0. The van der Waals surface area contributed by atoms with Crippen molar-refractivity contribution in [3.05, 3.63) is 73.6 Å². The van der Waals surface area contributed by atoms with Crippen LogP contribution in [0.3, 0.4) is 0 Å². The smallest absolute Gasteiger partial charge is 0.294 e. The molecule has 0 aromatic heterocycles. The van der Waals surface area contributed by atoms with Crippen LogP contribution in [0.25, 0.3) is 6.08 Å². The SMILES string of the molecule is O=C(CN1C(=O)SC(=Cc2ccc(Cl)c([N+](=O)[O-])c2)C1=O)Nc1ccc(F)cc1F. The van der Waals surface area contributed by atoms with E-state index < -0.39 is 40.2 Å². The van der Waals surface area contributed by atoms with Gasteiger partial charge in [0.1, 0.15) is 23.2 Å². The molecule has 0 spiro atoms. The molecule has 30 heavy (non-hydrogen) atoms. The molecule has 2 aromatic rings. The van der Waals surface area contributed by atoms with E-state index in [0.29, 0.717) is 22.7 Å². The lowest BCUT2D eigenvalue weighted by molar-refractivity contribution is -0.384. The van der Waals surface area contributed by atoms with Crippen LogP contribution in [0.4, 0.5) is 25.0 Å². The van der Waals surface area contributed by atoms with E-state index >= 15 is 0 Å². The Kier molecular flexibility index (Phi) is 6.13. The highest BCUT2D eigenvalue weighted by atomic mass is 35.5. The number of imide groups is 1. The minimum absolute atomic E-state index is 0.0580. The summed E-state index contributed by atoms with van der Waals surface area (Å²) in [5, 5.41) is 12.3. The van der Waals surface area contributed by atoms with Crippen LogP contribution in [0.2, 0.25) is 5.02 Å². The van der Waals surface area contributed by atoms with Gasteiger partial charge in [-0.15, -0.1) is 0 Å². The number of nitro groups is 1. The Labute approximate surface area is 176 Å². The number of rotatable bonds is 5. The van der Waals surface area contributed by atoms with Gasteiger partial charge in [-0.1, -0.05) is 17.7 Å². The van der Waals surface area contributed by atoms with Crippen LogP contribution >= 0.6 is 23.4 Å². The molecule has 2 aromatic carbocycles. The number of nitrogens with zero attached hydrogens (tertiary/aromatic N) is 2. The van der Waals surface area contributed by atoms with Gasteiger partial charge in [-0.05, 0) is 41.6 Å². The third-order valence-corrected chi connectivity index (χ3v) is 5.07. The fraction of sp³-hybridized carbons (Fsp3) is 0.0556. The maximum atomic E-state index is 13.6. The van der Waals surface area contributed by atoms with Gasteiger partial charge in [0, 0.05) is 12.1 Å². The highest BCUT2D eigenvalue weighted by Gasteiger charge is 2.36. The Morgan fingerprint density at radius 1 is 1.23 bits per heavy atom. The molecule has 0 radical (unpaired) electrons. The van der Waals surface area contributed by atoms with Crippen molar-refractivity contribution >= 4 is 57.9 Å². The molecular weight excluding hydrogens is 444 g/mol. The van der Waals surface area contributed by atoms with Gasteiger partial charge in [0.25, 0.3) is 16.8 Å². The van der Waals surface area contributed by atoms with E-state index in [1.54, 1.807) is 0 Å². The summed E-state index contributed by atoms with van der Waals surface area (Å²) in [6.45, 7) is -0.695. The van der Waals surface area contributed by atoms with Crippen molar-refractivity contribution in [2.75, 3.05) is 11.9 Å². The Bertz CT molecular complexity index is 1120. The first-order chi connectivity index (χ1) is 14.2. The van der Waals surface area contributed by atoms with Crippen LogP contribution < -0.4 is 5.32 Å². The Morgan fingerprint density at radius 2 is 1.97 bits per heavy atom. The Hall–Kier alpha value is -3.31. The van der Waals surface area contributed by atoms with Gasteiger partial charge in [-0.25, -0.2) is 8.78 Å². The average Bonchev–Trinajstić information content (AvgIpc) is 2.92. The van der Waals surface area contributed by atoms with Crippen LogP contribution in [-0.4, -0.2) is 33.4 Å². The lowest BCUT2D eigenvalue weighted by Gasteiger charge is -2.12. The van der Waals surface area contributed by atoms with E-state index in [2.05, 4.69) is 5.32 Å². The number of carbonyl (C=O) groups excluding carboxylic acids is 3. The molecule has 0 saturated carbocycles. The Balaban J connectivity index is 1.74. The van der Waals surface area contributed by atoms with Gasteiger partial charge < -0.3 is 5.32 Å². The minimum atomic E-state index is -1.01. The Morgan fingerprint density at radius 3 is 2.63 bits per heavy atom. The van der Waals surface area contributed by atoms with Gasteiger partial charge in [-0.2, -0.15) is 0 Å². The van der Waals surface area contributed by atoms with E-state index in [9.17, 15) is 33.3 Å². The van der Waals surface area contributed by atoms with E-state index in [1.165, 1.54) is 18.2 Å². The number of hydrogen-bond acceptors (Lipinski definition) is 6. The molecule has 0 bridgehead atoms. The number of carbonyl (C=O) groups is 3. The van der Waals surface area contributed by atoms with Gasteiger partial charge in [0.2, 0.25) is 5.91 Å². The second-order valence-electron chi connectivity index (χ2n) is 5.91. The van der Waals surface area contributed by atoms with E-state index in [0.717, 1.165) is 18.2 Å². The number of nitrogens with one attached hydrogen (secondary N) is 1. The first-order valence-electron chi connectivity index (χ1n) is 8.10. The molecule has 3 rings (SSSR count). The highest BCUT2D eigenvalue weighted by molar-refractivity contribution is 8.18. The first kappa shape index (κ1) is 21.4. The molecule has 1 aliphatic heterocycles. The maximum absolute atomic E-state index is 13.6. The molecule has 0 atom stereocenters. The van der Waals surface area contributed by atoms with Crippen LogP contribution in [-0.2, 0) is 9.59 Å². The molecule has 1 fully saturated rings. The molecule has 0 unspecified atom stereocenters. The second-order valence-corrected chi connectivity index (χ2v) is 7.31. The molecular formula is C18H10ClF2N3O5S. The first-order valence-corrected chi connectivity index (χ1v) is 9.29. The number of thioether (sulfide) groups is 1. The maximum Gasteiger partial charge on any atom is 0.294 e. The van der Waals surface area contributed by atoms with E-state index in [-0.39, 0.29) is 26.9 Å². The zero-order valence-corrected chi connectivity index (χ0v) is 16.3. The number of benzene rings is 2. The summed E-state index contributed by atoms with van der Waals surface area (Å²) in [6, 6.07) is 6.36. The van der Waals surface area contributed by atoms with Gasteiger partial charge in [0.05, 0.1) is 15.5 Å². The summed E-state index contributed by atoms with van der Waals surface area (Å²) < 4.78 is 26.6. The number of anilines is 1. The van der Waals surface area contributed by atoms with Crippen molar-refractivity contribution in [1.82, 2.24) is 4.90 Å². The molecule has 8 nitrogen and oxygen atoms in total. The summed E-state index contributed by atoms with van der Waals surface area (Å²) in [5.41, 5.74) is -0.419. The summed E-state index contributed by atoms with van der Waals surface area (Å²) in [5.74, 6) is -3.51. The monoisotopic (exact) mass is 453 g/mol. The fourth-order valence-electron chi connectivity index (χ4n) is 2.47. The molecule has 12 heteroatoms. The largest absolute Gasteiger partial charge is 0.322 e. The third-order valence-electron chi connectivity index (χ3n) is 3.85. The molecule has 1 saturated heterocycles. The highest BCUT2D eigenvalue weighted by Crippen LogP contribution is 2.33. The van der Waals surface area contributed by atoms with Crippen LogP contribution in [0, 0.1) is 21.7 Å². The number of amides is 3. The number of halogens is 3. The van der Waals surface area contributed by atoms with Crippen molar-refractivity contribution in [3.63, 3.8) is 0 Å². The van der Waals surface area contributed by atoms with Gasteiger partial charge in [0.15, 0.2) is 0 Å². The fourth-order valence-corrected chi connectivity index (χ4v) is 3.50. The molecule has 154 valence electrons. The number of nitro benzene ring substituents is 1. The van der Waals surface area contributed by atoms with Crippen LogP contribution in [0.1, 0.15) is 5.56 Å². The van der Waals surface area contributed by atoms with Crippen molar-refractivity contribution in [1.29, 1.82) is 0 Å². The molecule has 3 amide bonds. The summed E-state index contributed by atoms with van der Waals surface area (Å²) >= 11 is 6.28. The predicted molar refractivity (Wildman–Crippen MR) is 106 cm³/mol. The van der Waals surface area contributed by atoms with Crippen LogP contribution in [0.5, 0.6) is 0 Å². The standard InChI is InChI=1S/C18H10ClF2N3O5S/c19-11-3-1-9(5-14(11)24(28)29)6-15-17(26)23(18(27)30-15)8-16(25)22-13-4-2-10(20)7-12(13)21/h1-7H,8H2,(H,22,25). The van der Waals surface area contributed by atoms with Gasteiger partial charge in [-0.3, -0.25) is 29.4 Å². The van der Waals surface area contributed by atoms with Crippen LogP contribution in [0.15, 0.2) is 41.3 Å². The predicted octanol–water partition coefficient (Wildman–Crippen LogP) is 4.20. The third kappa shape index (κ3) is 4.63. The lowest BCUT2D eigenvalue weighted by atomic mass is 10.2. The average molecular weight is 454 g/mol. The molecule has 0 aliphatic carbocycles. The van der Waals surface area contributed by atoms with Crippen molar-refractivity contribution in [2.24, 2.45) is 0 Å². The number of hydrogen-bond donors (Lipinski definition) is 1. The van der Waals surface area contributed by atoms with Gasteiger partial charge >= 0.3 is 0 Å². The van der Waals surface area contributed by atoms with Crippen molar-refractivity contribution in [3.8, 4) is 0 Å². The molecule has 1 N–H and O–H groups in total. The molecule has 1 heterocycles. The van der Waals surface area contributed by atoms with Crippen molar-refractivity contribution in [2.45, 2.75) is 0 Å². The van der Waals surface area contributed by atoms with Crippen molar-refractivity contribution < 1.29 is 28.1 Å². The topological polar surface area (TPSA) is 110 Å². The lowest BCUT2D eigenvalue weighted by Crippen LogP contribution is -2.36. The zero-order chi connectivity index (χ0) is 22.0. The quantitative estimate of drug-likeness (QED) is 0.412. The van der Waals surface area contributed by atoms with E-state index in [4.69, 9.17) is 11.6 Å². The summed E-state index contributed by atoms with van der Waals surface area (Å²) in [4.78, 5) is 47.5. The van der Waals surface area contributed by atoms with E-state index in [1.807, 2.05) is 0 Å². The second kappa shape index (κ2) is 8.59. The zero-order valence-electron chi connectivity index (χ0n) is 14.7. The normalized spacial score (nSPS) is 15.0. The molecule has 1 aliphatic rings.